The zero-order valence-electron chi connectivity index (χ0n) is 12.2. The highest BCUT2D eigenvalue weighted by Crippen LogP contribution is 2.24. The molecule has 2 rings (SSSR count). The summed E-state index contributed by atoms with van der Waals surface area (Å²) >= 11 is 5.94. The summed E-state index contributed by atoms with van der Waals surface area (Å²) in [6.07, 6.45) is 1.11. The number of nitro groups is 1. The van der Waals surface area contributed by atoms with E-state index in [4.69, 9.17) is 16.9 Å². The highest BCUT2D eigenvalue weighted by molar-refractivity contribution is 6.33. The summed E-state index contributed by atoms with van der Waals surface area (Å²) in [6, 6.07) is 14.2. The molecule has 2 N–H and O–H groups in total. The average molecular weight is 343 g/mol. The molecule has 0 unspecified atom stereocenters. The molecule has 0 radical (unpaired) electrons. The van der Waals surface area contributed by atoms with Crippen molar-refractivity contribution in [2.45, 2.75) is 0 Å². The second kappa shape index (κ2) is 7.76. The molecule has 0 heterocycles. The van der Waals surface area contributed by atoms with Crippen LogP contribution < -0.4 is 10.6 Å². The summed E-state index contributed by atoms with van der Waals surface area (Å²) in [7, 11) is 0. The van der Waals surface area contributed by atoms with Gasteiger partial charge in [-0.15, -0.1) is 0 Å². The SMILES string of the molecule is N#C/C(=C/Nc1ccccc1[N+](=O)[O-])C(=O)Nc1ccccc1Cl. The molecule has 1 amide bonds. The van der Waals surface area contributed by atoms with Crippen LogP contribution in [-0.4, -0.2) is 10.8 Å². The van der Waals surface area contributed by atoms with Gasteiger partial charge in [-0.3, -0.25) is 14.9 Å². The van der Waals surface area contributed by atoms with Gasteiger partial charge in [0.1, 0.15) is 17.3 Å². The predicted molar refractivity (Wildman–Crippen MR) is 90.5 cm³/mol. The Morgan fingerprint density at radius 2 is 1.79 bits per heavy atom. The Morgan fingerprint density at radius 1 is 1.17 bits per heavy atom. The van der Waals surface area contributed by atoms with Gasteiger partial charge in [0.15, 0.2) is 0 Å². The first kappa shape index (κ1) is 17.0. The van der Waals surface area contributed by atoms with Crippen molar-refractivity contribution < 1.29 is 9.72 Å². The first-order chi connectivity index (χ1) is 11.5. The number of carbonyl (C=O) groups is 1. The molecule has 24 heavy (non-hydrogen) atoms. The number of rotatable bonds is 5. The van der Waals surface area contributed by atoms with E-state index < -0.39 is 10.8 Å². The van der Waals surface area contributed by atoms with E-state index in [9.17, 15) is 14.9 Å². The van der Waals surface area contributed by atoms with Gasteiger partial charge in [-0.25, -0.2) is 0 Å². The molecule has 0 saturated carbocycles. The van der Waals surface area contributed by atoms with Crippen molar-refractivity contribution in [2.24, 2.45) is 0 Å². The van der Waals surface area contributed by atoms with Crippen molar-refractivity contribution >= 4 is 34.6 Å². The van der Waals surface area contributed by atoms with E-state index in [-0.39, 0.29) is 16.9 Å². The molecule has 0 aromatic heterocycles. The number of nitrogens with zero attached hydrogens (tertiary/aromatic N) is 2. The van der Waals surface area contributed by atoms with Crippen molar-refractivity contribution in [3.05, 3.63) is 75.4 Å². The lowest BCUT2D eigenvalue weighted by atomic mass is 10.2. The number of hydrogen-bond acceptors (Lipinski definition) is 5. The summed E-state index contributed by atoms with van der Waals surface area (Å²) in [5.74, 6) is -0.684. The van der Waals surface area contributed by atoms with Crippen LogP contribution in [0.25, 0.3) is 0 Å². The number of carbonyl (C=O) groups excluding carboxylic acids is 1. The fraction of sp³-hybridized carbons (Fsp3) is 0. The fourth-order valence-corrected chi connectivity index (χ4v) is 1.99. The standard InChI is InChI=1S/C16H11ClN4O3/c17-12-5-1-2-6-13(12)20-16(22)11(9-18)10-19-14-7-3-4-8-15(14)21(23)24/h1-8,10,19H,(H,20,22)/b11-10-. The highest BCUT2D eigenvalue weighted by atomic mass is 35.5. The normalized spacial score (nSPS) is 10.6. The number of benzene rings is 2. The molecular formula is C16H11ClN4O3. The Balaban J connectivity index is 2.18. The molecule has 8 heteroatoms. The molecule has 2 aromatic rings. The van der Waals surface area contributed by atoms with Crippen molar-refractivity contribution in [1.82, 2.24) is 0 Å². The third kappa shape index (κ3) is 4.09. The molecular weight excluding hydrogens is 332 g/mol. The first-order valence-corrected chi connectivity index (χ1v) is 7.07. The Kier molecular flexibility index (Phi) is 5.49. The number of hydrogen-bond donors (Lipinski definition) is 2. The van der Waals surface area contributed by atoms with E-state index in [1.807, 2.05) is 0 Å². The molecule has 2 aromatic carbocycles. The van der Waals surface area contributed by atoms with E-state index in [0.29, 0.717) is 10.7 Å². The molecule has 0 spiro atoms. The Bertz CT molecular complexity index is 858. The first-order valence-electron chi connectivity index (χ1n) is 6.69. The Hall–Kier alpha value is -3.37. The van der Waals surface area contributed by atoms with Gasteiger partial charge in [-0.1, -0.05) is 35.9 Å². The molecule has 0 aliphatic rings. The summed E-state index contributed by atoms with van der Waals surface area (Å²) in [6.45, 7) is 0. The van der Waals surface area contributed by atoms with Gasteiger partial charge < -0.3 is 10.6 Å². The van der Waals surface area contributed by atoms with E-state index in [1.165, 1.54) is 18.2 Å². The second-order valence-electron chi connectivity index (χ2n) is 4.52. The smallest absolute Gasteiger partial charge is 0.292 e. The van der Waals surface area contributed by atoms with Gasteiger partial charge in [0.25, 0.3) is 11.6 Å². The molecule has 120 valence electrons. The quantitative estimate of drug-likeness (QED) is 0.372. The molecule has 0 bridgehead atoms. The van der Waals surface area contributed by atoms with E-state index in [2.05, 4.69) is 10.6 Å². The van der Waals surface area contributed by atoms with E-state index in [1.54, 1.807) is 36.4 Å². The van der Waals surface area contributed by atoms with Crippen LogP contribution in [0.15, 0.2) is 60.3 Å². The number of anilines is 2. The van der Waals surface area contributed by atoms with Crippen molar-refractivity contribution in [3.8, 4) is 6.07 Å². The number of para-hydroxylation sites is 3. The van der Waals surface area contributed by atoms with Gasteiger partial charge in [-0.05, 0) is 18.2 Å². The van der Waals surface area contributed by atoms with Crippen LogP contribution in [0.5, 0.6) is 0 Å². The second-order valence-corrected chi connectivity index (χ2v) is 4.93. The minimum atomic E-state index is -0.684. The summed E-state index contributed by atoms with van der Waals surface area (Å²) in [4.78, 5) is 22.5. The summed E-state index contributed by atoms with van der Waals surface area (Å²) < 4.78 is 0. The third-order valence-electron chi connectivity index (χ3n) is 2.96. The average Bonchev–Trinajstić information content (AvgIpc) is 2.57. The monoisotopic (exact) mass is 342 g/mol. The van der Waals surface area contributed by atoms with Crippen LogP contribution >= 0.6 is 11.6 Å². The van der Waals surface area contributed by atoms with Gasteiger partial charge in [0, 0.05) is 12.3 Å². The predicted octanol–water partition coefficient (Wildman–Crippen LogP) is 3.71. The maximum absolute atomic E-state index is 12.1. The lowest BCUT2D eigenvalue weighted by molar-refractivity contribution is -0.383. The van der Waals surface area contributed by atoms with Gasteiger partial charge in [-0.2, -0.15) is 5.26 Å². The summed E-state index contributed by atoms with van der Waals surface area (Å²) in [5.41, 5.74) is 0.0995. The molecule has 0 fully saturated rings. The molecule has 0 aliphatic carbocycles. The van der Waals surface area contributed by atoms with Gasteiger partial charge in [0.05, 0.1) is 15.6 Å². The van der Waals surface area contributed by atoms with E-state index in [0.717, 1.165) is 6.20 Å². The van der Waals surface area contributed by atoms with Gasteiger partial charge in [0.2, 0.25) is 0 Å². The Morgan fingerprint density at radius 3 is 2.42 bits per heavy atom. The number of amides is 1. The molecule has 7 nitrogen and oxygen atoms in total. The van der Waals surface area contributed by atoms with Crippen LogP contribution in [0.2, 0.25) is 5.02 Å². The van der Waals surface area contributed by atoms with Crippen molar-refractivity contribution in [2.75, 3.05) is 10.6 Å². The highest BCUT2D eigenvalue weighted by Gasteiger charge is 2.14. The Labute approximate surface area is 142 Å². The minimum absolute atomic E-state index is 0.167. The lowest BCUT2D eigenvalue weighted by Crippen LogP contribution is -2.14. The lowest BCUT2D eigenvalue weighted by Gasteiger charge is -2.07. The summed E-state index contributed by atoms with van der Waals surface area (Å²) in [5, 5.41) is 25.5. The topological polar surface area (TPSA) is 108 Å². The molecule has 0 atom stereocenters. The third-order valence-corrected chi connectivity index (χ3v) is 3.29. The van der Waals surface area contributed by atoms with Gasteiger partial charge >= 0.3 is 0 Å². The number of halogens is 1. The van der Waals surface area contributed by atoms with Crippen LogP contribution in [0.3, 0.4) is 0 Å². The number of nitro benzene ring substituents is 1. The van der Waals surface area contributed by atoms with Crippen LogP contribution in [-0.2, 0) is 4.79 Å². The van der Waals surface area contributed by atoms with Crippen LogP contribution in [0.4, 0.5) is 17.1 Å². The zero-order valence-corrected chi connectivity index (χ0v) is 12.9. The maximum atomic E-state index is 12.1. The van der Waals surface area contributed by atoms with E-state index >= 15 is 0 Å². The minimum Gasteiger partial charge on any atom is -0.355 e. The largest absolute Gasteiger partial charge is 0.355 e. The van der Waals surface area contributed by atoms with Crippen LogP contribution in [0, 0.1) is 21.4 Å². The number of nitriles is 1. The number of nitrogens with one attached hydrogen (secondary N) is 2. The molecule has 0 saturated heterocycles. The zero-order chi connectivity index (χ0) is 17.5. The maximum Gasteiger partial charge on any atom is 0.292 e. The fourth-order valence-electron chi connectivity index (χ4n) is 1.81. The van der Waals surface area contributed by atoms with Crippen molar-refractivity contribution in [3.63, 3.8) is 0 Å². The molecule has 0 aliphatic heterocycles. The van der Waals surface area contributed by atoms with Crippen LogP contribution in [0.1, 0.15) is 0 Å². The van der Waals surface area contributed by atoms with Crippen molar-refractivity contribution in [1.29, 1.82) is 5.26 Å².